The molecule has 3 aromatic carbocycles. The Hall–Kier alpha value is -3.51. The van der Waals surface area contributed by atoms with Crippen molar-refractivity contribution in [3.63, 3.8) is 0 Å². The minimum Gasteiger partial charge on any atom is -0.370 e. The normalized spacial score (nSPS) is 16.2. The summed E-state index contributed by atoms with van der Waals surface area (Å²) in [5, 5.41) is 6.12. The fourth-order valence-corrected chi connectivity index (χ4v) is 4.26. The van der Waals surface area contributed by atoms with Crippen molar-refractivity contribution < 1.29 is 0 Å². The van der Waals surface area contributed by atoms with E-state index >= 15 is 0 Å². The third kappa shape index (κ3) is 3.59. The van der Waals surface area contributed by atoms with Gasteiger partial charge in [-0.1, -0.05) is 48.0 Å². The summed E-state index contributed by atoms with van der Waals surface area (Å²) in [5.74, 6) is 1.06. The highest BCUT2D eigenvalue weighted by molar-refractivity contribution is 6.30. The minimum atomic E-state index is -0.377. The van der Waals surface area contributed by atoms with Gasteiger partial charge in [-0.25, -0.2) is 9.98 Å². The van der Waals surface area contributed by atoms with Gasteiger partial charge < -0.3 is 15.2 Å². The first-order valence-electron chi connectivity index (χ1n) is 10.1. The third-order valence-corrected chi connectivity index (χ3v) is 5.73. The molecule has 0 fully saturated rings. The predicted molar refractivity (Wildman–Crippen MR) is 129 cm³/mol. The highest BCUT2D eigenvalue weighted by Crippen LogP contribution is 2.33. The largest absolute Gasteiger partial charge is 0.370 e. The Kier molecular flexibility index (Phi) is 4.79. The molecule has 0 saturated heterocycles. The quantitative estimate of drug-likeness (QED) is 0.508. The zero-order valence-electron chi connectivity index (χ0n) is 17.4. The predicted octanol–water partition coefficient (Wildman–Crippen LogP) is 4.33. The van der Waals surface area contributed by atoms with E-state index in [0.29, 0.717) is 11.9 Å². The van der Waals surface area contributed by atoms with Crippen LogP contribution in [0.1, 0.15) is 17.3 Å². The standard InChI is InChI=1S/C24H23ClN6/c1-30(2)24-28-22(27-23(26)29-24)16-10-11-21-19(13-16)18-8-3-4-9-20(18)31(21)14-15-6-5-7-17(25)12-15/h3-13,22H,14H2,1-2H3,(H3,26,27,28,29). The van der Waals surface area contributed by atoms with Gasteiger partial charge in [-0.05, 0) is 41.5 Å². The Labute approximate surface area is 185 Å². The van der Waals surface area contributed by atoms with Crippen molar-refractivity contribution in [3.05, 3.63) is 82.9 Å². The molecule has 3 N–H and O–H groups in total. The molecule has 7 heteroatoms. The van der Waals surface area contributed by atoms with Crippen LogP contribution in [0.4, 0.5) is 0 Å². The van der Waals surface area contributed by atoms with E-state index in [1.165, 1.54) is 16.3 Å². The summed E-state index contributed by atoms with van der Waals surface area (Å²) in [7, 11) is 3.85. The molecule has 0 aliphatic carbocycles. The molecule has 0 bridgehead atoms. The maximum atomic E-state index is 6.22. The average Bonchev–Trinajstić information content (AvgIpc) is 3.06. The van der Waals surface area contributed by atoms with Crippen LogP contribution in [0.5, 0.6) is 0 Å². The molecule has 4 aromatic rings. The number of rotatable bonds is 3. The number of fused-ring (bicyclic) bond motifs is 3. The van der Waals surface area contributed by atoms with Gasteiger partial charge >= 0.3 is 0 Å². The van der Waals surface area contributed by atoms with Crippen LogP contribution in [-0.2, 0) is 6.54 Å². The fraction of sp³-hybridized carbons (Fsp3) is 0.167. The van der Waals surface area contributed by atoms with E-state index in [1.807, 2.05) is 37.2 Å². The maximum Gasteiger partial charge on any atom is 0.202 e. The van der Waals surface area contributed by atoms with Crippen molar-refractivity contribution in [2.24, 2.45) is 15.7 Å². The highest BCUT2D eigenvalue weighted by Gasteiger charge is 2.20. The topological polar surface area (TPSA) is 70.9 Å². The highest BCUT2D eigenvalue weighted by atomic mass is 35.5. The van der Waals surface area contributed by atoms with Gasteiger partial charge in [-0.15, -0.1) is 0 Å². The van der Waals surface area contributed by atoms with Crippen molar-refractivity contribution in [3.8, 4) is 0 Å². The SMILES string of the molecule is CN(C)C1=NC(c2ccc3c(c2)c2ccccc2n3Cc2cccc(Cl)c2)N=C(N)N1. The van der Waals surface area contributed by atoms with Crippen molar-refractivity contribution in [2.45, 2.75) is 12.7 Å². The summed E-state index contributed by atoms with van der Waals surface area (Å²) < 4.78 is 2.33. The lowest BCUT2D eigenvalue weighted by Crippen LogP contribution is -2.46. The monoisotopic (exact) mass is 430 g/mol. The number of hydrogen-bond acceptors (Lipinski definition) is 5. The number of guanidine groups is 2. The van der Waals surface area contributed by atoms with Crippen LogP contribution in [0.3, 0.4) is 0 Å². The first-order chi connectivity index (χ1) is 15.0. The Morgan fingerprint density at radius 1 is 0.968 bits per heavy atom. The van der Waals surface area contributed by atoms with Crippen LogP contribution in [0.25, 0.3) is 21.8 Å². The van der Waals surface area contributed by atoms with Crippen molar-refractivity contribution in [2.75, 3.05) is 14.1 Å². The third-order valence-electron chi connectivity index (χ3n) is 5.49. The number of aromatic nitrogens is 1. The first kappa shape index (κ1) is 19.5. The zero-order chi connectivity index (χ0) is 21.5. The first-order valence-corrected chi connectivity index (χ1v) is 10.5. The molecule has 31 heavy (non-hydrogen) atoms. The molecule has 5 rings (SSSR count). The van der Waals surface area contributed by atoms with Gasteiger partial charge in [0, 0.05) is 47.5 Å². The van der Waals surface area contributed by atoms with Crippen LogP contribution >= 0.6 is 11.6 Å². The van der Waals surface area contributed by atoms with Gasteiger partial charge in [0.15, 0.2) is 12.1 Å². The molecule has 1 aliphatic heterocycles. The molecular weight excluding hydrogens is 408 g/mol. The van der Waals surface area contributed by atoms with E-state index in [1.54, 1.807) is 0 Å². The smallest absolute Gasteiger partial charge is 0.202 e. The molecule has 1 aliphatic rings. The lowest BCUT2D eigenvalue weighted by Gasteiger charge is -2.23. The van der Waals surface area contributed by atoms with Crippen LogP contribution in [0, 0.1) is 0 Å². The Balaban J connectivity index is 1.65. The zero-order valence-corrected chi connectivity index (χ0v) is 18.1. The van der Waals surface area contributed by atoms with Gasteiger partial charge in [0.25, 0.3) is 0 Å². The van der Waals surface area contributed by atoms with Gasteiger partial charge in [-0.3, -0.25) is 5.32 Å². The van der Waals surface area contributed by atoms with Crippen molar-refractivity contribution >= 4 is 45.3 Å². The Bertz CT molecular complexity index is 1350. The summed E-state index contributed by atoms with van der Waals surface area (Å²) in [5.41, 5.74) is 10.5. The summed E-state index contributed by atoms with van der Waals surface area (Å²) in [6.45, 7) is 0.741. The molecule has 0 amide bonds. The van der Waals surface area contributed by atoms with E-state index in [0.717, 1.165) is 28.2 Å². The number of halogens is 1. The number of para-hydroxylation sites is 1. The second-order valence-corrected chi connectivity index (χ2v) is 8.31. The maximum absolute atomic E-state index is 6.22. The van der Waals surface area contributed by atoms with Gasteiger partial charge in [0.1, 0.15) is 0 Å². The Morgan fingerprint density at radius 3 is 2.58 bits per heavy atom. The van der Waals surface area contributed by atoms with E-state index in [9.17, 15) is 0 Å². The second-order valence-electron chi connectivity index (χ2n) is 7.87. The Morgan fingerprint density at radius 2 is 1.77 bits per heavy atom. The van der Waals surface area contributed by atoms with Crippen LogP contribution in [0.2, 0.25) is 5.02 Å². The van der Waals surface area contributed by atoms with Crippen LogP contribution < -0.4 is 11.1 Å². The molecule has 2 heterocycles. The van der Waals surface area contributed by atoms with Crippen LogP contribution in [-0.4, -0.2) is 35.5 Å². The summed E-state index contributed by atoms with van der Waals surface area (Å²) in [6, 6.07) is 22.9. The lowest BCUT2D eigenvalue weighted by molar-refractivity contribution is 0.579. The number of nitrogens with one attached hydrogen (secondary N) is 1. The van der Waals surface area contributed by atoms with E-state index in [2.05, 4.69) is 63.4 Å². The van der Waals surface area contributed by atoms with E-state index < -0.39 is 0 Å². The second kappa shape index (κ2) is 7.63. The number of nitrogens with two attached hydrogens (primary N) is 1. The van der Waals surface area contributed by atoms with Gasteiger partial charge in [0.2, 0.25) is 5.96 Å². The molecule has 6 nitrogen and oxygen atoms in total. The number of benzene rings is 3. The molecule has 1 unspecified atom stereocenters. The van der Waals surface area contributed by atoms with Crippen LogP contribution in [0.15, 0.2) is 76.7 Å². The average molecular weight is 431 g/mol. The summed E-state index contributed by atoms with van der Waals surface area (Å²) in [4.78, 5) is 11.1. The molecule has 0 radical (unpaired) electrons. The number of hydrogen-bond donors (Lipinski definition) is 2. The van der Waals surface area contributed by atoms with Crippen molar-refractivity contribution in [1.82, 2.24) is 14.8 Å². The minimum absolute atomic E-state index is 0.368. The van der Waals surface area contributed by atoms with E-state index in [4.69, 9.17) is 22.3 Å². The molecule has 1 atom stereocenters. The van der Waals surface area contributed by atoms with E-state index in [-0.39, 0.29) is 6.17 Å². The fourth-order valence-electron chi connectivity index (χ4n) is 4.05. The van der Waals surface area contributed by atoms with Gasteiger partial charge in [-0.2, -0.15) is 0 Å². The molecule has 0 saturated carbocycles. The summed E-state index contributed by atoms with van der Waals surface area (Å²) in [6.07, 6.45) is -0.377. The molecule has 156 valence electrons. The number of aliphatic imine (C=N–C) groups is 2. The van der Waals surface area contributed by atoms with Gasteiger partial charge in [0.05, 0.1) is 0 Å². The lowest BCUT2D eigenvalue weighted by atomic mass is 10.1. The van der Waals surface area contributed by atoms with Crippen molar-refractivity contribution in [1.29, 1.82) is 0 Å². The number of nitrogens with zero attached hydrogens (tertiary/aromatic N) is 4. The summed E-state index contributed by atoms with van der Waals surface area (Å²) >= 11 is 6.22. The molecule has 0 spiro atoms. The molecular formula is C24H23ClN6. The molecule has 1 aromatic heterocycles.